The standard InChI is InChI=1S/C12H16N4O/c1-12(2,3)11(14-17)8-16-10-7-5-4-6-9(10)13-15-16/h4-7,11H,8H2,1-3H3. The highest BCUT2D eigenvalue weighted by molar-refractivity contribution is 5.73. The maximum atomic E-state index is 10.9. The van der Waals surface area contributed by atoms with Crippen molar-refractivity contribution >= 4 is 11.0 Å². The van der Waals surface area contributed by atoms with Crippen LogP contribution >= 0.6 is 0 Å². The van der Waals surface area contributed by atoms with Gasteiger partial charge in [-0.15, -0.1) is 5.10 Å². The molecule has 2 aromatic rings. The highest BCUT2D eigenvalue weighted by atomic mass is 16.3. The number of para-hydroxylation sites is 1. The van der Waals surface area contributed by atoms with Crippen molar-refractivity contribution < 1.29 is 0 Å². The first-order valence-electron chi connectivity index (χ1n) is 5.63. The molecule has 1 atom stereocenters. The SMILES string of the molecule is CC(C)(C)C(Cn1nnc2ccccc21)N=O. The molecule has 5 heteroatoms. The highest BCUT2D eigenvalue weighted by Crippen LogP contribution is 2.24. The molecular weight excluding hydrogens is 216 g/mol. The third-order valence-corrected chi connectivity index (χ3v) is 2.89. The molecule has 1 unspecified atom stereocenters. The number of hydrogen-bond acceptors (Lipinski definition) is 4. The summed E-state index contributed by atoms with van der Waals surface area (Å²) >= 11 is 0. The number of nitroso groups, excluding NO2 is 1. The highest BCUT2D eigenvalue weighted by Gasteiger charge is 2.26. The average Bonchev–Trinajstić information content (AvgIpc) is 2.67. The lowest BCUT2D eigenvalue weighted by atomic mass is 9.87. The Labute approximate surface area is 99.8 Å². The van der Waals surface area contributed by atoms with E-state index in [1.807, 2.05) is 45.0 Å². The molecule has 0 bridgehead atoms. The third kappa shape index (κ3) is 2.33. The van der Waals surface area contributed by atoms with E-state index in [-0.39, 0.29) is 11.5 Å². The van der Waals surface area contributed by atoms with Gasteiger partial charge >= 0.3 is 0 Å². The Kier molecular flexibility index (Phi) is 2.92. The van der Waals surface area contributed by atoms with Crippen LogP contribution in [0.4, 0.5) is 0 Å². The van der Waals surface area contributed by atoms with E-state index in [9.17, 15) is 4.91 Å². The van der Waals surface area contributed by atoms with Gasteiger partial charge in [0.25, 0.3) is 0 Å². The fourth-order valence-electron chi connectivity index (χ4n) is 1.68. The van der Waals surface area contributed by atoms with Gasteiger partial charge in [0.1, 0.15) is 11.6 Å². The van der Waals surface area contributed by atoms with E-state index in [0.29, 0.717) is 6.54 Å². The second-order valence-corrected chi connectivity index (χ2v) is 5.25. The zero-order valence-corrected chi connectivity index (χ0v) is 10.3. The normalized spacial score (nSPS) is 13.8. The number of hydrogen-bond donors (Lipinski definition) is 0. The third-order valence-electron chi connectivity index (χ3n) is 2.89. The van der Waals surface area contributed by atoms with Crippen LogP contribution in [0.5, 0.6) is 0 Å². The Bertz CT molecular complexity index is 527. The lowest BCUT2D eigenvalue weighted by Crippen LogP contribution is -2.29. The number of fused-ring (bicyclic) bond motifs is 1. The molecule has 0 saturated carbocycles. The largest absolute Gasteiger partial charge is 0.242 e. The summed E-state index contributed by atoms with van der Waals surface area (Å²) in [6.07, 6.45) is 0. The van der Waals surface area contributed by atoms with E-state index >= 15 is 0 Å². The van der Waals surface area contributed by atoms with Gasteiger partial charge in [-0.2, -0.15) is 4.91 Å². The van der Waals surface area contributed by atoms with Crippen LogP contribution in [0.25, 0.3) is 11.0 Å². The Morgan fingerprint density at radius 3 is 2.71 bits per heavy atom. The number of benzene rings is 1. The molecular formula is C12H16N4O. The minimum Gasteiger partial charge on any atom is -0.242 e. The lowest BCUT2D eigenvalue weighted by Gasteiger charge is -2.24. The van der Waals surface area contributed by atoms with Gasteiger partial charge in [-0.3, -0.25) is 0 Å². The molecule has 2 rings (SSSR count). The first-order chi connectivity index (χ1) is 8.02. The lowest BCUT2D eigenvalue weighted by molar-refractivity contribution is 0.285. The zero-order valence-electron chi connectivity index (χ0n) is 10.3. The minimum absolute atomic E-state index is 0.172. The quantitative estimate of drug-likeness (QED) is 0.764. The van der Waals surface area contributed by atoms with Crippen LogP contribution < -0.4 is 0 Å². The van der Waals surface area contributed by atoms with Gasteiger partial charge in [-0.1, -0.05) is 43.3 Å². The van der Waals surface area contributed by atoms with Gasteiger partial charge in [-0.25, -0.2) is 4.68 Å². The van der Waals surface area contributed by atoms with Gasteiger partial charge in [0.05, 0.1) is 12.1 Å². The Morgan fingerprint density at radius 2 is 2.06 bits per heavy atom. The molecule has 0 aliphatic rings. The number of aromatic nitrogens is 3. The Morgan fingerprint density at radius 1 is 1.35 bits per heavy atom. The summed E-state index contributed by atoms with van der Waals surface area (Å²) in [6.45, 7) is 6.46. The molecule has 90 valence electrons. The summed E-state index contributed by atoms with van der Waals surface area (Å²) < 4.78 is 1.74. The molecule has 0 fully saturated rings. The smallest absolute Gasteiger partial charge is 0.116 e. The Hall–Kier alpha value is -1.78. The van der Waals surface area contributed by atoms with E-state index in [4.69, 9.17) is 0 Å². The molecule has 1 heterocycles. The van der Waals surface area contributed by atoms with Gasteiger partial charge in [0.15, 0.2) is 0 Å². The summed E-state index contributed by atoms with van der Waals surface area (Å²) in [6, 6.07) is 7.38. The van der Waals surface area contributed by atoms with Crippen molar-refractivity contribution in [3.8, 4) is 0 Å². The van der Waals surface area contributed by atoms with Crippen molar-refractivity contribution in [2.45, 2.75) is 33.4 Å². The molecule has 0 amide bonds. The van der Waals surface area contributed by atoms with E-state index in [1.54, 1.807) is 4.68 Å². The summed E-state index contributed by atoms with van der Waals surface area (Å²) in [5, 5.41) is 11.3. The minimum atomic E-state index is -0.312. The molecule has 0 saturated heterocycles. The molecule has 17 heavy (non-hydrogen) atoms. The Balaban J connectivity index is 2.32. The maximum Gasteiger partial charge on any atom is 0.116 e. The summed E-state index contributed by atoms with van der Waals surface area (Å²) in [7, 11) is 0. The van der Waals surface area contributed by atoms with Gasteiger partial charge in [-0.05, 0) is 17.5 Å². The van der Waals surface area contributed by atoms with Crippen LogP contribution in [-0.2, 0) is 6.54 Å². The molecule has 0 spiro atoms. The summed E-state index contributed by atoms with van der Waals surface area (Å²) in [5.74, 6) is 0. The van der Waals surface area contributed by atoms with E-state index in [2.05, 4.69) is 15.5 Å². The molecule has 0 N–H and O–H groups in total. The van der Waals surface area contributed by atoms with Crippen LogP contribution in [0.2, 0.25) is 0 Å². The predicted octanol–water partition coefficient (Wildman–Crippen LogP) is 2.61. The van der Waals surface area contributed by atoms with Crippen LogP contribution in [0, 0.1) is 10.3 Å². The molecule has 0 aliphatic carbocycles. The number of nitrogens with zero attached hydrogens (tertiary/aromatic N) is 4. The molecule has 1 aromatic carbocycles. The zero-order chi connectivity index (χ0) is 12.5. The van der Waals surface area contributed by atoms with Crippen molar-refractivity contribution in [3.05, 3.63) is 29.2 Å². The number of rotatable bonds is 3. The van der Waals surface area contributed by atoms with Gasteiger partial charge in [0, 0.05) is 0 Å². The first kappa shape index (κ1) is 11.7. The van der Waals surface area contributed by atoms with Crippen LogP contribution in [0.15, 0.2) is 29.4 Å². The van der Waals surface area contributed by atoms with Crippen molar-refractivity contribution in [2.24, 2.45) is 10.6 Å². The second kappa shape index (κ2) is 4.24. The van der Waals surface area contributed by atoms with Gasteiger partial charge < -0.3 is 0 Å². The van der Waals surface area contributed by atoms with Crippen molar-refractivity contribution in [3.63, 3.8) is 0 Å². The summed E-state index contributed by atoms with van der Waals surface area (Å²) in [5.41, 5.74) is 1.60. The first-order valence-corrected chi connectivity index (χ1v) is 5.63. The monoisotopic (exact) mass is 232 g/mol. The van der Waals surface area contributed by atoms with E-state index in [0.717, 1.165) is 11.0 Å². The molecule has 0 radical (unpaired) electrons. The molecule has 0 aliphatic heterocycles. The van der Waals surface area contributed by atoms with Gasteiger partial charge in [0.2, 0.25) is 0 Å². The van der Waals surface area contributed by atoms with Crippen LogP contribution in [0.3, 0.4) is 0 Å². The van der Waals surface area contributed by atoms with E-state index in [1.165, 1.54) is 0 Å². The average molecular weight is 232 g/mol. The fourth-order valence-corrected chi connectivity index (χ4v) is 1.68. The van der Waals surface area contributed by atoms with Crippen molar-refractivity contribution in [2.75, 3.05) is 0 Å². The molecule has 1 aromatic heterocycles. The van der Waals surface area contributed by atoms with Crippen molar-refractivity contribution in [1.82, 2.24) is 15.0 Å². The van der Waals surface area contributed by atoms with Crippen LogP contribution in [0.1, 0.15) is 20.8 Å². The topological polar surface area (TPSA) is 60.1 Å². The van der Waals surface area contributed by atoms with Crippen molar-refractivity contribution in [1.29, 1.82) is 0 Å². The fraction of sp³-hybridized carbons (Fsp3) is 0.500. The second-order valence-electron chi connectivity index (χ2n) is 5.25. The molecule has 5 nitrogen and oxygen atoms in total. The summed E-state index contributed by atoms with van der Waals surface area (Å²) in [4.78, 5) is 10.9. The predicted molar refractivity (Wildman–Crippen MR) is 66.6 cm³/mol. The maximum absolute atomic E-state index is 10.9. The van der Waals surface area contributed by atoms with Crippen LogP contribution in [-0.4, -0.2) is 21.0 Å². The van der Waals surface area contributed by atoms with E-state index < -0.39 is 0 Å².